The van der Waals surface area contributed by atoms with Gasteiger partial charge in [0.2, 0.25) is 5.78 Å². The second-order valence-electron chi connectivity index (χ2n) is 3.27. The summed E-state index contributed by atoms with van der Waals surface area (Å²) >= 11 is 4.36. The number of Topliss-reactive ketones (excluding diaryl/α,β-unsaturated/α-hetero) is 2. The van der Waals surface area contributed by atoms with E-state index in [1.165, 1.54) is 24.3 Å². The molecule has 0 aliphatic heterocycles. The summed E-state index contributed by atoms with van der Waals surface area (Å²) in [5.74, 6) is -2.95. The Bertz CT molecular complexity index is 516. The van der Waals surface area contributed by atoms with E-state index in [9.17, 15) is 22.8 Å². The molecule has 0 aromatic heterocycles. The predicted octanol–water partition coefficient (Wildman–Crippen LogP) is 3.13. The summed E-state index contributed by atoms with van der Waals surface area (Å²) < 4.78 is 35.9. The molecule has 7 heteroatoms. The molecule has 0 fully saturated rings. The minimum Gasteiger partial charge on any atom is -0.294 e. The normalized spacial score (nSPS) is 10.6. The smallest absolute Gasteiger partial charge is 0.294 e. The Morgan fingerprint density at radius 1 is 1.22 bits per heavy atom. The van der Waals surface area contributed by atoms with Gasteiger partial charge in [0.05, 0.1) is 17.3 Å². The fraction of sp³-hybridized carbons (Fsp3) is 0.182. The third-order valence-corrected chi connectivity index (χ3v) is 2.09. The van der Waals surface area contributed by atoms with Crippen molar-refractivity contribution >= 4 is 34.6 Å². The van der Waals surface area contributed by atoms with Crippen molar-refractivity contribution in [1.29, 1.82) is 0 Å². The predicted molar refractivity (Wildman–Crippen MR) is 61.1 cm³/mol. The Kier molecular flexibility index (Phi) is 4.47. The maximum Gasteiger partial charge on any atom is 0.450 e. The lowest BCUT2D eigenvalue weighted by Crippen LogP contribution is -2.25. The third-order valence-electron chi connectivity index (χ3n) is 2.00. The molecular formula is C11H6F3NO2S. The Labute approximate surface area is 105 Å². The van der Waals surface area contributed by atoms with Crippen molar-refractivity contribution in [2.75, 3.05) is 0 Å². The second-order valence-corrected chi connectivity index (χ2v) is 3.45. The zero-order valence-electron chi connectivity index (χ0n) is 8.82. The molecular weight excluding hydrogens is 267 g/mol. The number of rotatable bonds is 4. The van der Waals surface area contributed by atoms with Crippen LogP contribution in [0.5, 0.6) is 0 Å². The van der Waals surface area contributed by atoms with Crippen LogP contribution in [-0.4, -0.2) is 22.9 Å². The van der Waals surface area contributed by atoms with Crippen molar-refractivity contribution in [3.8, 4) is 0 Å². The van der Waals surface area contributed by atoms with Gasteiger partial charge >= 0.3 is 6.18 Å². The van der Waals surface area contributed by atoms with Gasteiger partial charge in [-0.3, -0.25) is 9.59 Å². The maximum atomic E-state index is 12.0. The number of carbonyl (C=O) groups is 2. The highest BCUT2D eigenvalue weighted by Crippen LogP contribution is 2.20. The number of nitrogens with zero attached hydrogens (tertiary/aromatic N) is 1. The summed E-state index contributed by atoms with van der Waals surface area (Å²) in [4.78, 5) is 25.6. The van der Waals surface area contributed by atoms with Gasteiger partial charge in [0.1, 0.15) is 0 Å². The number of alkyl halides is 3. The number of hydrogen-bond donors (Lipinski definition) is 0. The molecule has 0 spiro atoms. The second kappa shape index (κ2) is 5.66. The van der Waals surface area contributed by atoms with Gasteiger partial charge in [-0.15, -0.1) is 0 Å². The van der Waals surface area contributed by atoms with Crippen molar-refractivity contribution in [2.24, 2.45) is 4.99 Å². The molecule has 0 atom stereocenters. The average molecular weight is 273 g/mol. The van der Waals surface area contributed by atoms with Crippen LogP contribution in [0.1, 0.15) is 16.8 Å². The van der Waals surface area contributed by atoms with Crippen molar-refractivity contribution in [3.63, 3.8) is 0 Å². The molecule has 0 unspecified atom stereocenters. The molecule has 0 amide bonds. The first-order valence-corrected chi connectivity index (χ1v) is 5.06. The van der Waals surface area contributed by atoms with Crippen LogP contribution in [0, 0.1) is 0 Å². The summed E-state index contributed by atoms with van der Waals surface area (Å²) in [6.45, 7) is 0. The molecule has 0 heterocycles. The highest BCUT2D eigenvalue weighted by molar-refractivity contribution is 7.78. The van der Waals surface area contributed by atoms with Gasteiger partial charge in [-0.05, 0) is 36.5 Å². The van der Waals surface area contributed by atoms with Crippen molar-refractivity contribution in [1.82, 2.24) is 0 Å². The standard InChI is InChI=1S/C11H6F3NO2S/c12-11(13,14)10(17)5-9(16)7-1-3-8(4-2-7)15-6-18/h1-4H,5H2. The Morgan fingerprint density at radius 2 is 1.78 bits per heavy atom. The van der Waals surface area contributed by atoms with E-state index < -0.39 is 24.2 Å². The molecule has 1 aromatic rings. The van der Waals surface area contributed by atoms with Crippen LogP contribution >= 0.6 is 12.2 Å². The average Bonchev–Trinajstić information content (AvgIpc) is 2.29. The molecule has 0 saturated carbocycles. The molecule has 0 bridgehead atoms. The lowest BCUT2D eigenvalue weighted by atomic mass is 10.1. The lowest BCUT2D eigenvalue weighted by Gasteiger charge is -2.04. The van der Waals surface area contributed by atoms with Gasteiger partial charge in [-0.2, -0.15) is 18.2 Å². The van der Waals surface area contributed by atoms with E-state index >= 15 is 0 Å². The number of halogens is 3. The zero-order valence-corrected chi connectivity index (χ0v) is 9.64. The van der Waals surface area contributed by atoms with E-state index in [-0.39, 0.29) is 5.56 Å². The third kappa shape index (κ3) is 3.87. The fourth-order valence-corrected chi connectivity index (χ4v) is 1.23. The van der Waals surface area contributed by atoms with E-state index in [1.807, 2.05) is 0 Å². The Balaban J connectivity index is 2.79. The summed E-state index contributed by atoms with van der Waals surface area (Å²) in [5, 5.41) is 2.11. The van der Waals surface area contributed by atoms with Crippen LogP contribution < -0.4 is 0 Å². The van der Waals surface area contributed by atoms with Gasteiger partial charge in [0.25, 0.3) is 0 Å². The highest BCUT2D eigenvalue weighted by atomic mass is 32.1. The molecule has 18 heavy (non-hydrogen) atoms. The van der Waals surface area contributed by atoms with E-state index in [0.29, 0.717) is 5.69 Å². The number of carbonyl (C=O) groups excluding carboxylic acids is 2. The summed E-state index contributed by atoms with van der Waals surface area (Å²) in [5.41, 5.74) is 0.430. The van der Waals surface area contributed by atoms with Crippen molar-refractivity contribution in [2.45, 2.75) is 12.6 Å². The number of isothiocyanates is 1. The molecule has 0 radical (unpaired) electrons. The number of ketones is 2. The number of hydrogen-bond acceptors (Lipinski definition) is 4. The van der Waals surface area contributed by atoms with Crippen molar-refractivity contribution < 1.29 is 22.8 Å². The molecule has 94 valence electrons. The first kappa shape index (κ1) is 14.2. The van der Waals surface area contributed by atoms with Gasteiger partial charge < -0.3 is 0 Å². The van der Waals surface area contributed by atoms with Crippen LogP contribution in [0.3, 0.4) is 0 Å². The monoisotopic (exact) mass is 273 g/mol. The number of aliphatic imine (C=N–C) groups is 1. The maximum absolute atomic E-state index is 12.0. The molecule has 0 aliphatic rings. The van der Waals surface area contributed by atoms with Gasteiger partial charge in [0.15, 0.2) is 5.78 Å². The number of benzene rings is 1. The Morgan fingerprint density at radius 3 is 2.22 bits per heavy atom. The highest BCUT2D eigenvalue weighted by Gasteiger charge is 2.39. The minimum absolute atomic E-state index is 0.0101. The quantitative estimate of drug-likeness (QED) is 0.366. The molecule has 3 nitrogen and oxygen atoms in total. The van der Waals surface area contributed by atoms with Crippen LogP contribution in [0.25, 0.3) is 0 Å². The fourth-order valence-electron chi connectivity index (χ4n) is 1.12. The first-order valence-electron chi connectivity index (χ1n) is 4.66. The van der Waals surface area contributed by atoms with Crippen LogP contribution in [0.4, 0.5) is 18.9 Å². The van der Waals surface area contributed by atoms with Crippen LogP contribution in [0.2, 0.25) is 0 Å². The molecule has 1 aromatic carbocycles. The van der Waals surface area contributed by atoms with Gasteiger partial charge in [-0.25, -0.2) is 0 Å². The van der Waals surface area contributed by atoms with Crippen LogP contribution in [0.15, 0.2) is 29.3 Å². The molecule has 0 N–H and O–H groups in total. The van der Waals surface area contributed by atoms with E-state index in [0.717, 1.165) is 0 Å². The van der Waals surface area contributed by atoms with E-state index in [4.69, 9.17) is 0 Å². The number of thiocarbonyl (C=S) groups is 1. The van der Waals surface area contributed by atoms with Crippen LogP contribution in [-0.2, 0) is 4.79 Å². The zero-order chi connectivity index (χ0) is 13.8. The van der Waals surface area contributed by atoms with E-state index in [1.54, 1.807) is 0 Å². The summed E-state index contributed by atoms with van der Waals surface area (Å²) in [7, 11) is 0. The molecule has 0 aliphatic carbocycles. The SMILES string of the molecule is O=C(CC(=O)C(F)(F)F)c1ccc(N=C=S)cc1. The van der Waals surface area contributed by atoms with Crippen molar-refractivity contribution in [3.05, 3.63) is 29.8 Å². The Hall–Kier alpha value is -1.85. The first-order chi connectivity index (χ1) is 8.34. The minimum atomic E-state index is -4.99. The van der Waals surface area contributed by atoms with Gasteiger partial charge in [0, 0.05) is 5.56 Å². The molecule has 1 rings (SSSR count). The summed E-state index contributed by atoms with van der Waals surface area (Å²) in [6, 6.07) is 5.34. The topological polar surface area (TPSA) is 46.5 Å². The van der Waals surface area contributed by atoms with Gasteiger partial charge in [-0.1, -0.05) is 0 Å². The largest absolute Gasteiger partial charge is 0.450 e. The van der Waals surface area contributed by atoms with E-state index in [2.05, 4.69) is 22.4 Å². The summed E-state index contributed by atoms with van der Waals surface area (Å²) in [6.07, 6.45) is -6.18. The molecule has 0 saturated heterocycles. The lowest BCUT2D eigenvalue weighted by molar-refractivity contribution is -0.170.